The predicted molar refractivity (Wildman–Crippen MR) is 61.0 cm³/mol. The van der Waals surface area contributed by atoms with Crippen LogP contribution >= 0.6 is 0 Å². The zero-order valence-corrected chi connectivity index (χ0v) is 9.92. The number of rotatable bonds is 1. The van der Waals surface area contributed by atoms with Gasteiger partial charge in [0.25, 0.3) is 0 Å². The van der Waals surface area contributed by atoms with E-state index in [1.54, 1.807) is 0 Å². The summed E-state index contributed by atoms with van der Waals surface area (Å²) >= 11 is 0. The molecule has 0 saturated heterocycles. The molecule has 2 aliphatic carbocycles. The Hall–Kier alpha value is -0.0400. The third kappa shape index (κ3) is 1.71. The topological polar surface area (TPSA) is 26.0 Å². The minimum absolute atomic E-state index is 0.399. The van der Waals surface area contributed by atoms with Crippen molar-refractivity contribution in [3.05, 3.63) is 0 Å². The summed E-state index contributed by atoms with van der Waals surface area (Å²) < 4.78 is 0. The second-order valence-corrected chi connectivity index (χ2v) is 6.31. The minimum atomic E-state index is 0.399. The summed E-state index contributed by atoms with van der Waals surface area (Å²) in [4.78, 5) is 0. The SMILES string of the molecule is CC1CC2C[C@@H](C)CC(C(C)N)(C1)C2. The molecule has 0 aromatic rings. The Morgan fingerprint density at radius 3 is 2.00 bits per heavy atom. The normalized spacial score (nSPS) is 50.1. The van der Waals surface area contributed by atoms with E-state index in [1.807, 2.05) is 0 Å². The number of nitrogens with two attached hydrogens (primary N) is 1. The van der Waals surface area contributed by atoms with Crippen molar-refractivity contribution >= 4 is 0 Å². The van der Waals surface area contributed by atoms with Crippen LogP contribution in [0.25, 0.3) is 0 Å². The van der Waals surface area contributed by atoms with Crippen LogP contribution in [0.4, 0.5) is 0 Å². The summed E-state index contributed by atoms with van der Waals surface area (Å²) in [5, 5.41) is 0. The fraction of sp³-hybridized carbons (Fsp3) is 1.00. The second-order valence-electron chi connectivity index (χ2n) is 6.31. The maximum absolute atomic E-state index is 6.23. The van der Waals surface area contributed by atoms with Crippen molar-refractivity contribution in [3.8, 4) is 0 Å². The van der Waals surface area contributed by atoms with Crippen LogP contribution in [0.3, 0.4) is 0 Å². The second kappa shape index (κ2) is 3.52. The molecule has 0 heterocycles. The van der Waals surface area contributed by atoms with Gasteiger partial charge in [-0.1, -0.05) is 13.8 Å². The molecule has 0 aromatic heterocycles. The monoisotopic (exact) mass is 195 g/mol. The number of fused-ring (bicyclic) bond motifs is 2. The molecule has 0 radical (unpaired) electrons. The molecule has 1 nitrogen and oxygen atoms in total. The molecule has 0 spiro atoms. The van der Waals surface area contributed by atoms with Crippen LogP contribution in [-0.2, 0) is 0 Å². The van der Waals surface area contributed by atoms with E-state index in [0.29, 0.717) is 11.5 Å². The Kier molecular flexibility index (Phi) is 2.63. The summed E-state index contributed by atoms with van der Waals surface area (Å²) in [6.07, 6.45) is 7.09. The fourth-order valence-corrected chi connectivity index (χ4v) is 4.34. The first kappa shape index (κ1) is 10.5. The van der Waals surface area contributed by atoms with Gasteiger partial charge in [0, 0.05) is 6.04 Å². The van der Waals surface area contributed by atoms with Crippen LogP contribution in [-0.4, -0.2) is 6.04 Å². The number of hydrogen-bond acceptors (Lipinski definition) is 1. The molecule has 2 rings (SSSR count). The van der Waals surface area contributed by atoms with Gasteiger partial charge in [-0.25, -0.2) is 0 Å². The van der Waals surface area contributed by atoms with Crippen LogP contribution in [0.1, 0.15) is 52.9 Å². The highest BCUT2D eigenvalue weighted by Gasteiger charge is 2.45. The fourth-order valence-electron chi connectivity index (χ4n) is 4.34. The largest absolute Gasteiger partial charge is 0.327 e. The molecule has 0 amide bonds. The van der Waals surface area contributed by atoms with Crippen molar-refractivity contribution in [1.29, 1.82) is 0 Å². The van der Waals surface area contributed by atoms with Gasteiger partial charge in [-0.05, 0) is 62.2 Å². The molecule has 5 atom stereocenters. The zero-order valence-electron chi connectivity index (χ0n) is 9.92. The average Bonchev–Trinajstić information content (AvgIpc) is 2.00. The Balaban J connectivity index is 2.19. The number of hydrogen-bond donors (Lipinski definition) is 1. The lowest BCUT2D eigenvalue weighted by Crippen LogP contribution is -2.49. The highest BCUT2D eigenvalue weighted by Crippen LogP contribution is 2.53. The van der Waals surface area contributed by atoms with Crippen molar-refractivity contribution in [3.63, 3.8) is 0 Å². The molecule has 0 aromatic carbocycles. The molecular weight excluding hydrogens is 170 g/mol. The van der Waals surface area contributed by atoms with Crippen molar-refractivity contribution in [2.24, 2.45) is 28.9 Å². The summed E-state index contributed by atoms with van der Waals surface area (Å²) in [7, 11) is 0. The van der Waals surface area contributed by atoms with E-state index >= 15 is 0 Å². The minimum Gasteiger partial charge on any atom is -0.327 e. The van der Waals surface area contributed by atoms with Crippen molar-refractivity contribution in [2.45, 2.75) is 58.9 Å². The maximum Gasteiger partial charge on any atom is 0.00673 e. The molecule has 0 aliphatic heterocycles. The zero-order chi connectivity index (χ0) is 10.3. The molecule has 2 aliphatic rings. The van der Waals surface area contributed by atoms with E-state index in [0.717, 1.165) is 17.8 Å². The maximum atomic E-state index is 6.23. The highest BCUT2D eigenvalue weighted by molar-refractivity contribution is 4.98. The van der Waals surface area contributed by atoms with Gasteiger partial charge < -0.3 is 5.73 Å². The van der Waals surface area contributed by atoms with E-state index in [1.165, 1.54) is 32.1 Å². The van der Waals surface area contributed by atoms with Gasteiger partial charge in [-0.2, -0.15) is 0 Å². The van der Waals surface area contributed by atoms with Crippen LogP contribution < -0.4 is 5.73 Å². The van der Waals surface area contributed by atoms with E-state index in [9.17, 15) is 0 Å². The Morgan fingerprint density at radius 1 is 1.07 bits per heavy atom. The van der Waals surface area contributed by atoms with Gasteiger partial charge in [0.2, 0.25) is 0 Å². The summed E-state index contributed by atoms with van der Waals surface area (Å²) in [5.74, 6) is 2.80. The van der Waals surface area contributed by atoms with Gasteiger partial charge >= 0.3 is 0 Å². The van der Waals surface area contributed by atoms with Gasteiger partial charge in [0.1, 0.15) is 0 Å². The summed E-state index contributed by atoms with van der Waals surface area (Å²) in [5.41, 5.74) is 6.73. The molecule has 1 heteroatoms. The Labute approximate surface area is 88.4 Å². The highest BCUT2D eigenvalue weighted by atomic mass is 14.7. The standard InChI is InChI=1S/C13H25N/c1-9-4-12-5-10(2)7-13(6-9,8-12)11(3)14/h9-12H,4-8,14H2,1-3H3/t9-,10?,11?,12?,13?/m1/s1. The van der Waals surface area contributed by atoms with E-state index in [2.05, 4.69) is 20.8 Å². The van der Waals surface area contributed by atoms with Crippen molar-refractivity contribution in [1.82, 2.24) is 0 Å². The third-order valence-corrected chi connectivity index (χ3v) is 4.64. The Bertz CT molecular complexity index is 190. The van der Waals surface area contributed by atoms with Crippen molar-refractivity contribution < 1.29 is 0 Å². The molecule has 2 N–H and O–H groups in total. The predicted octanol–water partition coefficient (Wildman–Crippen LogP) is 3.19. The lowest BCUT2D eigenvalue weighted by Gasteiger charge is -2.52. The first-order valence-corrected chi connectivity index (χ1v) is 6.27. The van der Waals surface area contributed by atoms with E-state index < -0.39 is 0 Å². The van der Waals surface area contributed by atoms with Gasteiger partial charge in [0.15, 0.2) is 0 Å². The van der Waals surface area contributed by atoms with Crippen LogP contribution in [0, 0.1) is 23.2 Å². The van der Waals surface area contributed by atoms with Crippen LogP contribution in [0.15, 0.2) is 0 Å². The summed E-state index contributed by atoms with van der Waals surface area (Å²) in [6, 6.07) is 0.399. The van der Waals surface area contributed by atoms with Gasteiger partial charge in [-0.3, -0.25) is 0 Å². The van der Waals surface area contributed by atoms with E-state index in [4.69, 9.17) is 5.73 Å². The van der Waals surface area contributed by atoms with Gasteiger partial charge in [0.05, 0.1) is 0 Å². The third-order valence-electron chi connectivity index (χ3n) is 4.64. The molecule has 4 unspecified atom stereocenters. The first-order chi connectivity index (χ1) is 6.52. The quantitative estimate of drug-likeness (QED) is 0.683. The van der Waals surface area contributed by atoms with Crippen molar-refractivity contribution in [2.75, 3.05) is 0 Å². The van der Waals surface area contributed by atoms with Crippen LogP contribution in [0.2, 0.25) is 0 Å². The average molecular weight is 195 g/mol. The van der Waals surface area contributed by atoms with E-state index in [-0.39, 0.29) is 0 Å². The lowest BCUT2D eigenvalue weighted by atomic mass is 9.54. The molecule has 2 bridgehead atoms. The summed E-state index contributed by atoms with van der Waals surface area (Å²) in [6.45, 7) is 7.06. The van der Waals surface area contributed by atoms with Crippen LogP contribution in [0.5, 0.6) is 0 Å². The smallest absolute Gasteiger partial charge is 0.00673 e. The molecule has 2 fully saturated rings. The molecule has 2 saturated carbocycles. The lowest BCUT2D eigenvalue weighted by molar-refractivity contribution is 0.00222. The molecule has 82 valence electrons. The Morgan fingerprint density at radius 2 is 1.57 bits per heavy atom. The first-order valence-electron chi connectivity index (χ1n) is 6.27. The molecular formula is C13H25N. The van der Waals surface area contributed by atoms with Gasteiger partial charge in [-0.15, -0.1) is 0 Å². The molecule has 14 heavy (non-hydrogen) atoms.